The Morgan fingerprint density at radius 1 is 1.16 bits per heavy atom. The summed E-state index contributed by atoms with van der Waals surface area (Å²) in [6.45, 7) is 2.53. The average Bonchev–Trinajstić information content (AvgIpc) is 2.71. The summed E-state index contributed by atoms with van der Waals surface area (Å²) in [7, 11) is 0. The van der Waals surface area contributed by atoms with Crippen molar-refractivity contribution in [1.29, 1.82) is 0 Å². The van der Waals surface area contributed by atoms with Crippen molar-refractivity contribution in [3.63, 3.8) is 0 Å². The molecule has 2 fully saturated rings. The van der Waals surface area contributed by atoms with Crippen LogP contribution in [0.2, 0.25) is 0 Å². The highest BCUT2D eigenvalue weighted by molar-refractivity contribution is 6.05. The molecular weight excluding hydrogens is 240 g/mol. The first-order chi connectivity index (χ1) is 9.27. The van der Waals surface area contributed by atoms with Gasteiger partial charge in [0, 0.05) is 13.1 Å². The first-order valence-electron chi connectivity index (χ1n) is 7.51. The van der Waals surface area contributed by atoms with Crippen molar-refractivity contribution in [2.45, 2.75) is 38.5 Å². The van der Waals surface area contributed by atoms with Gasteiger partial charge in [0.05, 0.1) is 11.8 Å². The van der Waals surface area contributed by atoms with E-state index in [1.54, 1.807) is 4.90 Å². The number of likely N-dealkylation sites (tertiary alicyclic amines) is 1. The maximum absolute atomic E-state index is 12.3. The van der Waals surface area contributed by atoms with Crippen molar-refractivity contribution in [3.8, 4) is 0 Å². The van der Waals surface area contributed by atoms with Crippen molar-refractivity contribution < 1.29 is 9.59 Å². The Bertz CT molecular complexity index is 392. The molecule has 3 rings (SSSR count). The van der Waals surface area contributed by atoms with E-state index in [2.05, 4.69) is 11.4 Å². The number of hydrogen-bond donors (Lipinski definition) is 1. The smallest absolute Gasteiger partial charge is 0.233 e. The Hall–Kier alpha value is -1.16. The van der Waals surface area contributed by atoms with Gasteiger partial charge in [0.2, 0.25) is 11.8 Å². The molecule has 19 heavy (non-hydrogen) atoms. The molecule has 2 aliphatic heterocycles. The van der Waals surface area contributed by atoms with E-state index in [9.17, 15) is 9.59 Å². The summed E-state index contributed by atoms with van der Waals surface area (Å²) in [6.07, 6.45) is 8.13. The van der Waals surface area contributed by atoms with Crippen LogP contribution in [0.3, 0.4) is 0 Å². The van der Waals surface area contributed by atoms with Crippen LogP contribution in [0.15, 0.2) is 11.6 Å². The van der Waals surface area contributed by atoms with Gasteiger partial charge in [-0.2, -0.15) is 0 Å². The van der Waals surface area contributed by atoms with E-state index in [1.165, 1.54) is 5.57 Å². The van der Waals surface area contributed by atoms with E-state index < -0.39 is 0 Å². The number of rotatable bonds is 3. The summed E-state index contributed by atoms with van der Waals surface area (Å²) in [4.78, 5) is 26.1. The van der Waals surface area contributed by atoms with Crippen molar-refractivity contribution >= 4 is 11.8 Å². The van der Waals surface area contributed by atoms with E-state index in [0.717, 1.165) is 51.6 Å². The summed E-state index contributed by atoms with van der Waals surface area (Å²) in [5.74, 6) is 0.208. The number of nitrogens with one attached hydrogen (secondary N) is 1. The largest absolute Gasteiger partial charge is 0.313 e. The molecule has 3 aliphatic rings. The molecule has 0 bridgehead atoms. The maximum atomic E-state index is 12.3. The molecule has 0 aromatic heterocycles. The molecule has 0 aromatic carbocycles. The summed E-state index contributed by atoms with van der Waals surface area (Å²) in [5, 5.41) is 3.28. The normalized spacial score (nSPS) is 31.4. The van der Waals surface area contributed by atoms with Crippen molar-refractivity contribution in [1.82, 2.24) is 10.2 Å². The second-order valence-corrected chi connectivity index (χ2v) is 5.89. The second-order valence-electron chi connectivity index (χ2n) is 5.89. The standard InChI is InChI=1S/C15H22N2O2/c18-14-12-3-1-2-4-13(12)15(19)17(14)10-7-11-5-8-16-9-6-11/h5,12-13,16H,1-4,6-10H2. The third kappa shape index (κ3) is 2.46. The predicted molar refractivity (Wildman–Crippen MR) is 72.4 cm³/mol. The summed E-state index contributed by atoms with van der Waals surface area (Å²) >= 11 is 0. The van der Waals surface area contributed by atoms with Gasteiger partial charge in [0.25, 0.3) is 0 Å². The molecule has 2 amide bonds. The van der Waals surface area contributed by atoms with Crippen molar-refractivity contribution in [2.75, 3.05) is 19.6 Å². The molecule has 4 heteroatoms. The molecule has 104 valence electrons. The first-order valence-corrected chi connectivity index (χ1v) is 7.51. The number of carbonyl (C=O) groups is 2. The highest BCUT2D eigenvalue weighted by Crippen LogP contribution is 2.38. The van der Waals surface area contributed by atoms with Crippen LogP contribution in [-0.4, -0.2) is 36.3 Å². The molecule has 2 atom stereocenters. The Balaban J connectivity index is 1.62. The number of nitrogens with zero attached hydrogens (tertiary/aromatic N) is 1. The summed E-state index contributed by atoms with van der Waals surface area (Å²) in [5.41, 5.74) is 1.38. The molecular formula is C15H22N2O2. The number of fused-ring (bicyclic) bond motifs is 1. The minimum Gasteiger partial charge on any atom is -0.313 e. The zero-order chi connectivity index (χ0) is 13.2. The van der Waals surface area contributed by atoms with Crippen LogP contribution in [0, 0.1) is 11.8 Å². The molecule has 0 aromatic rings. The lowest BCUT2D eigenvalue weighted by molar-refractivity contribution is -0.139. The monoisotopic (exact) mass is 262 g/mol. The molecule has 1 saturated carbocycles. The van der Waals surface area contributed by atoms with Crippen LogP contribution in [0.1, 0.15) is 38.5 Å². The zero-order valence-electron chi connectivity index (χ0n) is 11.4. The lowest BCUT2D eigenvalue weighted by Gasteiger charge is -2.19. The van der Waals surface area contributed by atoms with E-state index >= 15 is 0 Å². The minimum atomic E-state index is 0.00301. The second kappa shape index (κ2) is 5.45. The Labute approximate surface area is 114 Å². The Morgan fingerprint density at radius 2 is 1.84 bits per heavy atom. The Kier molecular flexibility index (Phi) is 3.69. The van der Waals surface area contributed by atoms with E-state index in [0.29, 0.717) is 6.54 Å². The quantitative estimate of drug-likeness (QED) is 0.619. The highest BCUT2D eigenvalue weighted by atomic mass is 16.2. The van der Waals surface area contributed by atoms with Crippen LogP contribution in [0.4, 0.5) is 0 Å². The average molecular weight is 262 g/mol. The van der Waals surface area contributed by atoms with Crippen molar-refractivity contribution in [2.24, 2.45) is 11.8 Å². The molecule has 2 unspecified atom stereocenters. The van der Waals surface area contributed by atoms with Gasteiger partial charge in [0.15, 0.2) is 0 Å². The number of amides is 2. The fraction of sp³-hybridized carbons (Fsp3) is 0.733. The van der Waals surface area contributed by atoms with E-state index in [4.69, 9.17) is 0 Å². The molecule has 4 nitrogen and oxygen atoms in total. The van der Waals surface area contributed by atoms with Crippen LogP contribution < -0.4 is 5.32 Å². The predicted octanol–water partition coefficient (Wildman–Crippen LogP) is 1.47. The molecule has 2 heterocycles. The maximum Gasteiger partial charge on any atom is 0.233 e. The first kappa shape index (κ1) is 12.9. The summed E-state index contributed by atoms with van der Waals surface area (Å²) in [6, 6.07) is 0. The number of hydrogen-bond acceptors (Lipinski definition) is 3. The van der Waals surface area contributed by atoms with Crippen LogP contribution >= 0.6 is 0 Å². The molecule has 1 aliphatic carbocycles. The highest BCUT2D eigenvalue weighted by Gasteiger charge is 2.47. The molecule has 1 saturated heterocycles. The van der Waals surface area contributed by atoms with Gasteiger partial charge in [-0.25, -0.2) is 0 Å². The molecule has 0 radical (unpaired) electrons. The van der Waals surface area contributed by atoms with Crippen molar-refractivity contribution in [3.05, 3.63) is 11.6 Å². The third-order valence-corrected chi connectivity index (χ3v) is 4.75. The van der Waals surface area contributed by atoms with Gasteiger partial charge in [-0.1, -0.05) is 24.5 Å². The van der Waals surface area contributed by atoms with Gasteiger partial charge >= 0.3 is 0 Å². The topological polar surface area (TPSA) is 49.4 Å². The van der Waals surface area contributed by atoms with Crippen LogP contribution in [0.5, 0.6) is 0 Å². The van der Waals surface area contributed by atoms with Gasteiger partial charge < -0.3 is 5.32 Å². The fourth-order valence-corrected chi connectivity index (χ4v) is 3.60. The van der Waals surface area contributed by atoms with Gasteiger partial charge in [-0.15, -0.1) is 0 Å². The SMILES string of the molecule is O=C1C2CCCCC2C(=O)N1CCC1=CCNCC1. The lowest BCUT2D eigenvalue weighted by Crippen LogP contribution is -2.32. The van der Waals surface area contributed by atoms with Crippen LogP contribution in [-0.2, 0) is 9.59 Å². The zero-order valence-corrected chi connectivity index (χ0v) is 11.4. The van der Waals surface area contributed by atoms with E-state index in [-0.39, 0.29) is 23.7 Å². The lowest BCUT2D eigenvalue weighted by atomic mass is 9.81. The Morgan fingerprint density at radius 3 is 2.42 bits per heavy atom. The van der Waals surface area contributed by atoms with Gasteiger partial charge in [-0.05, 0) is 32.2 Å². The van der Waals surface area contributed by atoms with E-state index in [1.807, 2.05) is 0 Å². The third-order valence-electron chi connectivity index (χ3n) is 4.75. The van der Waals surface area contributed by atoms with Gasteiger partial charge in [0.1, 0.15) is 0 Å². The number of carbonyl (C=O) groups excluding carboxylic acids is 2. The minimum absolute atomic E-state index is 0.00301. The van der Waals surface area contributed by atoms with Crippen LogP contribution in [0.25, 0.3) is 0 Å². The number of imide groups is 1. The molecule has 0 spiro atoms. The summed E-state index contributed by atoms with van der Waals surface area (Å²) < 4.78 is 0. The fourth-order valence-electron chi connectivity index (χ4n) is 3.60. The molecule has 1 N–H and O–H groups in total. The van der Waals surface area contributed by atoms with Gasteiger partial charge in [-0.3, -0.25) is 14.5 Å².